The maximum atomic E-state index is 10.7. The smallest absolute Gasteiger partial charge is 0.160 e. The standard InChI is InChI=1S/C12H8O2S2/c13-7-11-9(3-5-15-11)1-2-10-4-6-16-12(10)8-14/h1-8H/b2-1+. The molecule has 0 saturated carbocycles. The van der Waals surface area contributed by atoms with Gasteiger partial charge in [0, 0.05) is 0 Å². The van der Waals surface area contributed by atoms with E-state index in [4.69, 9.17) is 0 Å². The number of carbonyl (C=O) groups excluding carboxylic acids is 2. The van der Waals surface area contributed by atoms with E-state index >= 15 is 0 Å². The molecule has 2 aromatic heterocycles. The molecule has 0 aliphatic carbocycles. The predicted molar refractivity (Wildman–Crippen MR) is 68.3 cm³/mol. The quantitative estimate of drug-likeness (QED) is 0.775. The SMILES string of the molecule is O=Cc1sccc1/C=C/c1ccsc1C=O. The first-order chi connectivity index (χ1) is 7.85. The van der Waals surface area contributed by atoms with Gasteiger partial charge in [-0.15, -0.1) is 22.7 Å². The molecule has 0 radical (unpaired) electrons. The van der Waals surface area contributed by atoms with Crippen molar-refractivity contribution in [2.45, 2.75) is 0 Å². The third-order valence-electron chi connectivity index (χ3n) is 2.11. The Morgan fingerprint density at radius 3 is 1.62 bits per heavy atom. The van der Waals surface area contributed by atoms with Gasteiger partial charge in [-0.25, -0.2) is 0 Å². The van der Waals surface area contributed by atoms with Crippen molar-refractivity contribution in [3.8, 4) is 0 Å². The van der Waals surface area contributed by atoms with E-state index in [1.54, 1.807) is 0 Å². The fraction of sp³-hybridized carbons (Fsp3) is 0. The number of thiophene rings is 2. The van der Waals surface area contributed by atoms with Crippen molar-refractivity contribution in [1.82, 2.24) is 0 Å². The van der Waals surface area contributed by atoms with Crippen LogP contribution in [-0.2, 0) is 0 Å². The van der Waals surface area contributed by atoms with E-state index in [1.165, 1.54) is 22.7 Å². The van der Waals surface area contributed by atoms with Crippen molar-refractivity contribution in [2.75, 3.05) is 0 Å². The molecule has 0 spiro atoms. The lowest BCUT2D eigenvalue weighted by atomic mass is 10.2. The van der Waals surface area contributed by atoms with Crippen molar-refractivity contribution >= 4 is 47.4 Å². The number of aldehydes is 2. The van der Waals surface area contributed by atoms with Crippen LogP contribution in [0.5, 0.6) is 0 Å². The summed E-state index contributed by atoms with van der Waals surface area (Å²) in [7, 11) is 0. The maximum Gasteiger partial charge on any atom is 0.160 e. The highest BCUT2D eigenvalue weighted by atomic mass is 32.1. The Kier molecular flexibility index (Phi) is 3.44. The van der Waals surface area contributed by atoms with Crippen LogP contribution in [0, 0.1) is 0 Å². The van der Waals surface area contributed by atoms with E-state index in [9.17, 15) is 9.59 Å². The molecule has 0 aliphatic rings. The molecule has 0 unspecified atom stereocenters. The van der Waals surface area contributed by atoms with Gasteiger partial charge in [0.25, 0.3) is 0 Å². The van der Waals surface area contributed by atoms with Crippen LogP contribution in [0.1, 0.15) is 30.5 Å². The van der Waals surface area contributed by atoms with Gasteiger partial charge in [-0.2, -0.15) is 0 Å². The normalized spacial score (nSPS) is 10.8. The molecule has 4 heteroatoms. The molecule has 0 amide bonds. The fourth-order valence-corrected chi connectivity index (χ4v) is 2.69. The van der Waals surface area contributed by atoms with Gasteiger partial charge in [-0.1, -0.05) is 12.2 Å². The van der Waals surface area contributed by atoms with Crippen LogP contribution in [0.4, 0.5) is 0 Å². The van der Waals surface area contributed by atoms with Crippen LogP contribution < -0.4 is 0 Å². The molecule has 2 heterocycles. The minimum Gasteiger partial charge on any atom is -0.297 e. The molecule has 2 nitrogen and oxygen atoms in total. The average molecular weight is 248 g/mol. The summed E-state index contributed by atoms with van der Waals surface area (Å²) in [5, 5.41) is 3.75. The van der Waals surface area contributed by atoms with Crippen LogP contribution in [0.25, 0.3) is 12.2 Å². The van der Waals surface area contributed by atoms with Crippen molar-refractivity contribution in [3.05, 3.63) is 43.8 Å². The van der Waals surface area contributed by atoms with Crippen LogP contribution in [0.15, 0.2) is 22.9 Å². The summed E-state index contributed by atoms with van der Waals surface area (Å²) in [5.41, 5.74) is 1.78. The topological polar surface area (TPSA) is 34.1 Å². The van der Waals surface area contributed by atoms with E-state index in [0.29, 0.717) is 9.75 Å². The number of carbonyl (C=O) groups is 2. The van der Waals surface area contributed by atoms with Crippen molar-refractivity contribution < 1.29 is 9.59 Å². The van der Waals surface area contributed by atoms with E-state index in [1.807, 2.05) is 35.0 Å². The van der Waals surface area contributed by atoms with Gasteiger partial charge in [-0.05, 0) is 34.0 Å². The second kappa shape index (κ2) is 5.01. The van der Waals surface area contributed by atoms with E-state index in [0.717, 1.165) is 23.7 Å². The second-order valence-electron chi connectivity index (χ2n) is 3.05. The average Bonchev–Trinajstić information content (AvgIpc) is 2.94. The summed E-state index contributed by atoms with van der Waals surface area (Å²) in [6, 6.07) is 3.77. The zero-order valence-electron chi connectivity index (χ0n) is 8.25. The van der Waals surface area contributed by atoms with E-state index < -0.39 is 0 Å². The monoisotopic (exact) mass is 248 g/mol. The Balaban J connectivity index is 2.27. The summed E-state index contributed by atoms with van der Waals surface area (Å²) in [5.74, 6) is 0. The van der Waals surface area contributed by atoms with Crippen molar-refractivity contribution in [2.24, 2.45) is 0 Å². The Labute approximate surface area is 101 Å². The third-order valence-corrected chi connectivity index (χ3v) is 3.83. The first-order valence-corrected chi connectivity index (χ1v) is 6.34. The van der Waals surface area contributed by atoms with E-state index in [-0.39, 0.29) is 0 Å². The first-order valence-electron chi connectivity index (χ1n) is 4.58. The Bertz CT molecular complexity index is 486. The minimum absolute atomic E-state index is 0.708. The summed E-state index contributed by atoms with van der Waals surface area (Å²) in [6.07, 6.45) is 5.40. The molecule has 16 heavy (non-hydrogen) atoms. The van der Waals surface area contributed by atoms with Gasteiger partial charge in [0.15, 0.2) is 12.6 Å². The molecule has 2 rings (SSSR count). The lowest BCUT2D eigenvalue weighted by Crippen LogP contribution is -1.77. The molecule has 0 bridgehead atoms. The van der Waals surface area contributed by atoms with Crippen LogP contribution in [0.3, 0.4) is 0 Å². The van der Waals surface area contributed by atoms with Gasteiger partial charge in [0.1, 0.15) is 0 Å². The Morgan fingerprint density at radius 2 is 1.25 bits per heavy atom. The maximum absolute atomic E-state index is 10.7. The lowest BCUT2D eigenvalue weighted by Gasteiger charge is -1.90. The molecule has 0 aliphatic heterocycles. The fourth-order valence-electron chi connectivity index (χ4n) is 1.31. The summed E-state index contributed by atoms with van der Waals surface area (Å²) >= 11 is 2.82. The first kappa shape index (κ1) is 11.0. The Morgan fingerprint density at radius 1 is 0.812 bits per heavy atom. The number of hydrogen-bond acceptors (Lipinski definition) is 4. The molecule has 0 saturated heterocycles. The molecule has 2 aromatic rings. The molecular weight excluding hydrogens is 240 g/mol. The predicted octanol–water partition coefficient (Wildman–Crippen LogP) is 3.61. The summed E-state index contributed by atoms with van der Waals surface area (Å²) in [4.78, 5) is 22.8. The molecule has 0 atom stereocenters. The van der Waals surface area contributed by atoms with Gasteiger partial charge in [-0.3, -0.25) is 9.59 Å². The van der Waals surface area contributed by atoms with Crippen LogP contribution in [-0.4, -0.2) is 12.6 Å². The highest BCUT2D eigenvalue weighted by molar-refractivity contribution is 7.12. The third kappa shape index (κ3) is 2.18. The molecule has 80 valence electrons. The number of rotatable bonds is 4. The molecule has 0 N–H and O–H groups in total. The van der Waals surface area contributed by atoms with Gasteiger partial charge in [0.2, 0.25) is 0 Å². The zero-order valence-corrected chi connectivity index (χ0v) is 9.88. The second-order valence-corrected chi connectivity index (χ2v) is 4.94. The van der Waals surface area contributed by atoms with Crippen LogP contribution >= 0.6 is 22.7 Å². The Hall–Kier alpha value is -1.52. The molecule has 0 aromatic carbocycles. The summed E-state index contributed by atoms with van der Waals surface area (Å²) in [6.45, 7) is 0. The van der Waals surface area contributed by atoms with Crippen LogP contribution in [0.2, 0.25) is 0 Å². The van der Waals surface area contributed by atoms with Crippen molar-refractivity contribution in [1.29, 1.82) is 0 Å². The highest BCUT2D eigenvalue weighted by Gasteiger charge is 2.01. The molecule has 0 fully saturated rings. The van der Waals surface area contributed by atoms with Gasteiger partial charge < -0.3 is 0 Å². The van der Waals surface area contributed by atoms with Gasteiger partial charge >= 0.3 is 0 Å². The minimum atomic E-state index is 0.708. The summed E-state index contributed by atoms with van der Waals surface area (Å²) < 4.78 is 0. The van der Waals surface area contributed by atoms with Gasteiger partial charge in [0.05, 0.1) is 9.75 Å². The zero-order chi connectivity index (χ0) is 11.4. The van der Waals surface area contributed by atoms with E-state index in [2.05, 4.69) is 0 Å². The lowest BCUT2D eigenvalue weighted by molar-refractivity contribution is 0.111. The molecular formula is C12H8O2S2. The highest BCUT2D eigenvalue weighted by Crippen LogP contribution is 2.20. The largest absolute Gasteiger partial charge is 0.297 e. The number of hydrogen-bond donors (Lipinski definition) is 0. The van der Waals surface area contributed by atoms with Crippen molar-refractivity contribution in [3.63, 3.8) is 0 Å².